The third kappa shape index (κ3) is 6.95. The van der Waals surface area contributed by atoms with Gasteiger partial charge in [-0.1, -0.05) is 14.0 Å². The Morgan fingerprint density at radius 1 is 0.902 bits per heavy atom. The molecule has 0 bridgehead atoms. The Balaban J connectivity index is 1.09. The lowest BCUT2D eigenvalue weighted by Crippen LogP contribution is -2.46. The quantitative estimate of drug-likeness (QED) is 0.135. The van der Waals surface area contributed by atoms with Gasteiger partial charge in [0, 0.05) is 103 Å². The number of anilines is 6. The summed E-state index contributed by atoms with van der Waals surface area (Å²) in [6.45, 7) is 8.05. The van der Waals surface area contributed by atoms with E-state index in [1.54, 1.807) is 13.3 Å². The Morgan fingerprint density at radius 3 is 2.43 bits per heavy atom. The zero-order valence-electron chi connectivity index (χ0n) is 29.1. The normalized spacial score (nSPS) is 14.7. The lowest BCUT2D eigenvalue weighted by Gasteiger charge is -2.38. The van der Waals surface area contributed by atoms with E-state index < -0.39 is 7.92 Å². The molecule has 2 fully saturated rings. The minimum Gasteiger partial charge on any atom is -0.494 e. The van der Waals surface area contributed by atoms with Crippen molar-refractivity contribution in [3.8, 4) is 16.9 Å². The summed E-state index contributed by atoms with van der Waals surface area (Å²) in [4.78, 5) is 23.7. The van der Waals surface area contributed by atoms with Gasteiger partial charge in [0.05, 0.1) is 40.9 Å². The first kappa shape index (κ1) is 33.3. The minimum atomic E-state index is -0.443. The number of nitrogens with one attached hydrogen (secondary N) is 2. The van der Waals surface area contributed by atoms with Crippen molar-refractivity contribution in [3.05, 3.63) is 89.7 Å². The van der Waals surface area contributed by atoms with Gasteiger partial charge in [0.25, 0.3) is 0 Å². The van der Waals surface area contributed by atoms with Gasteiger partial charge in [-0.15, -0.1) is 0 Å². The van der Waals surface area contributed by atoms with Gasteiger partial charge in [-0.25, -0.2) is 4.98 Å². The van der Waals surface area contributed by atoms with Crippen LogP contribution in [0.3, 0.4) is 0 Å². The molecule has 4 aromatic heterocycles. The van der Waals surface area contributed by atoms with Gasteiger partial charge in [0.1, 0.15) is 11.6 Å². The fraction of sp³-hybridized carbons (Fsp3) is 0.289. The highest BCUT2D eigenvalue weighted by atomic mass is 79.9. The van der Waals surface area contributed by atoms with Crippen molar-refractivity contribution in [2.75, 3.05) is 67.1 Å². The predicted molar refractivity (Wildman–Crippen MR) is 212 cm³/mol. The van der Waals surface area contributed by atoms with E-state index in [1.165, 1.54) is 29.2 Å². The van der Waals surface area contributed by atoms with Crippen LogP contribution in [0, 0.1) is 0 Å². The molecule has 2 aliphatic rings. The Kier molecular flexibility index (Phi) is 9.21. The fourth-order valence-electron chi connectivity index (χ4n) is 6.79. The molecular formula is C38H40BrN10OP. The number of benzene rings is 2. The van der Waals surface area contributed by atoms with Crippen LogP contribution in [-0.4, -0.2) is 76.3 Å². The lowest BCUT2D eigenvalue weighted by atomic mass is 10.0. The van der Waals surface area contributed by atoms with Gasteiger partial charge < -0.3 is 25.2 Å². The number of methoxy groups -OCH3 is 1. The zero-order valence-corrected chi connectivity index (χ0v) is 31.6. The number of rotatable bonds is 10. The van der Waals surface area contributed by atoms with Crippen LogP contribution in [0.5, 0.6) is 5.75 Å². The molecule has 8 rings (SSSR count). The highest BCUT2D eigenvalue weighted by Crippen LogP contribution is 2.42. The molecule has 0 spiro atoms. The van der Waals surface area contributed by atoms with Gasteiger partial charge in [0.15, 0.2) is 0 Å². The number of ether oxygens (including phenoxy) is 1. The summed E-state index contributed by atoms with van der Waals surface area (Å²) in [6, 6.07) is 17.0. The van der Waals surface area contributed by atoms with Gasteiger partial charge in [-0.05, 0) is 78.5 Å². The molecule has 2 aromatic carbocycles. The summed E-state index contributed by atoms with van der Waals surface area (Å²) in [5, 5.41) is 14.0. The van der Waals surface area contributed by atoms with E-state index in [2.05, 4.69) is 107 Å². The van der Waals surface area contributed by atoms with Crippen molar-refractivity contribution < 1.29 is 4.74 Å². The fourth-order valence-corrected chi connectivity index (χ4v) is 8.36. The molecule has 1 aliphatic heterocycles. The Bertz CT molecular complexity index is 2200. The number of fused-ring (bicyclic) bond motifs is 1. The van der Waals surface area contributed by atoms with Crippen LogP contribution < -0.4 is 30.5 Å². The molecule has 2 N–H and O–H groups in total. The maximum atomic E-state index is 5.98. The first-order chi connectivity index (χ1) is 24.8. The van der Waals surface area contributed by atoms with Gasteiger partial charge >= 0.3 is 0 Å². The first-order valence-electron chi connectivity index (χ1n) is 17.1. The van der Waals surface area contributed by atoms with E-state index in [0.29, 0.717) is 23.4 Å². The maximum Gasteiger partial charge on any atom is 0.229 e. The second-order valence-corrected chi connectivity index (χ2v) is 16.3. The third-order valence-electron chi connectivity index (χ3n) is 9.52. The molecule has 0 amide bonds. The predicted octanol–water partition coefficient (Wildman–Crippen LogP) is 7.65. The standard InChI is InChI=1S/C38H40BrN10OP/c1-47-23-25(20-42-47)28-18-33(35(50-2)19-34(28)49-16-14-48(15-17-49)26-6-5-13-40-21-26)45-38-41-22-29(39)37(46-38)44-32-12-11-31-27(36(32)51(3)4)9-10-30(43-31)24-7-8-24/h5-6,9-13,18-24H,7-8,14-17H2,1-4H3,(H2,41,44,45,46). The summed E-state index contributed by atoms with van der Waals surface area (Å²) in [5.74, 6) is 2.43. The molecule has 0 unspecified atom stereocenters. The van der Waals surface area contributed by atoms with Crippen molar-refractivity contribution in [2.45, 2.75) is 18.8 Å². The van der Waals surface area contributed by atoms with Crippen LogP contribution in [0.25, 0.3) is 22.0 Å². The average molecular weight is 764 g/mol. The summed E-state index contributed by atoms with van der Waals surface area (Å²) in [5.41, 5.74) is 8.35. The van der Waals surface area contributed by atoms with Crippen LogP contribution in [0.15, 0.2) is 84.0 Å². The molecule has 6 aromatic rings. The van der Waals surface area contributed by atoms with Crippen LogP contribution in [0.1, 0.15) is 24.5 Å². The molecule has 1 saturated heterocycles. The number of aromatic nitrogens is 6. The molecule has 51 heavy (non-hydrogen) atoms. The number of piperazine rings is 1. The second-order valence-electron chi connectivity index (χ2n) is 13.2. The van der Waals surface area contributed by atoms with E-state index in [0.717, 1.165) is 70.0 Å². The maximum absolute atomic E-state index is 5.98. The van der Waals surface area contributed by atoms with Crippen molar-refractivity contribution in [1.29, 1.82) is 0 Å². The van der Waals surface area contributed by atoms with Gasteiger partial charge in [0.2, 0.25) is 5.95 Å². The van der Waals surface area contributed by atoms with Crippen molar-refractivity contribution in [1.82, 2.24) is 29.7 Å². The highest BCUT2D eigenvalue weighted by Gasteiger charge is 2.26. The smallest absolute Gasteiger partial charge is 0.229 e. The molecule has 0 atom stereocenters. The Hall–Kier alpha value is -4.80. The van der Waals surface area contributed by atoms with Crippen LogP contribution >= 0.6 is 23.9 Å². The number of hydrogen-bond donors (Lipinski definition) is 2. The average Bonchev–Trinajstić information content (AvgIpc) is 3.92. The topological polar surface area (TPSA) is 109 Å². The molecule has 1 aliphatic carbocycles. The van der Waals surface area contributed by atoms with E-state index in [-0.39, 0.29) is 0 Å². The van der Waals surface area contributed by atoms with E-state index in [9.17, 15) is 0 Å². The number of nitrogens with zero attached hydrogens (tertiary/aromatic N) is 8. The summed E-state index contributed by atoms with van der Waals surface area (Å²) >= 11 is 3.69. The zero-order chi connectivity index (χ0) is 35.1. The van der Waals surface area contributed by atoms with Crippen LogP contribution in [0.4, 0.5) is 34.5 Å². The molecule has 260 valence electrons. The third-order valence-corrected chi connectivity index (χ3v) is 11.5. The largest absolute Gasteiger partial charge is 0.494 e. The van der Waals surface area contributed by atoms with Gasteiger partial charge in [-0.3, -0.25) is 14.6 Å². The summed E-state index contributed by atoms with van der Waals surface area (Å²) in [6.07, 6.45) is 11.9. The second kappa shape index (κ2) is 14.1. The first-order valence-corrected chi connectivity index (χ1v) is 20.2. The molecule has 5 heterocycles. The summed E-state index contributed by atoms with van der Waals surface area (Å²) in [7, 11) is 3.19. The molecular weight excluding hydrogens is 723 g/mol. The number of hydrogen-bond acceptors (Lipinski definition) is 10. The minimum absolute atomic E-state index is 0.443. The van der Waals surface area contributed by atoms with E-state index >= 15 is 0 Å². The highest BCUT2D eigenvalue weighted by molar-refractivity contribution is 9.10. The summed E-state index contributed by atoms with van der Waals surface area (Å²) < 4.78 is 8.58. The van der Waals surface area contributed by atoms with Crippen molar-refractivity contribution >= 4 is 74.6 Å². The van der Waals surface area contributed by atoms with Crippen LogP contribution in [-0.2, 0) is 7.05 Å². The Morgan fingerprint density at radius 2 is 1.73 bits per heavy atom. The van der Waals surface area contributed by atoms with Gasteiger partial charge in [-0.2, -0.15) is 10.1 Å². The van der Waals surface area contributed by atoms with E-state index in [1.807, 2.05) is 42.6 Å². The number of halogens is 1. The molecule has 0 radical (unpaired) electrons. The number of aryl methyl sites for hydroxylation is 1. The van der Waals surface area contributed by atoms with Crippen LogP contribution in [0.2, 0.25) is 0 Å². The molecule has 11 nitrogen and oxygen atoms in total. The van der Waals surface area contributed by atoms with Crippen molar-refractivity contribution in [3.63, 3.8) is 0 Å². The Labute approximate surface area is 307 Å². The SMILES string of the molecule is COc1cc(N2CCN(c3cccnc3)CC2)c(-c2cnn(C)c2)cc1Nc1ncc(Br)c(Nc2ccc3nc(C4CC4)ccc3c2P(C)C)n1. The lowest BCUT2D eigenvalue weighted by molar-refractivity contribution is 0.416. The molecule has 13 heteroatoms. The monoisotopic (exact) mass is 762 g/mol. The molecule has 1 saturated carbocycles. The van der Waals surface area contributed by atoms with E-state index in [4.69, 9.17) is 14.7 Å². The van der Waals surface area contributed by atoms with Crippen molar-refractivity contribution in [2.24, 2.45) is 7.05 Å². The number of pyridine rings is 2.